The number of aryl methyl sites for hydroxylation is 1. The molecule has 0 radical (unpaired) electrons. The fraction of sp³-hybridized carbons (Fsp3) is 0.250. The lowest BCUT2D eigenvalue weighted by Gasteiger charge is -2.11. The Bertz CT molecular complexity index is 524. The van der Waals surface area contributed by atoms with Gasteiger partial charge < -0.3 is 9.73 Å². The highest BCUT2D eigenvalue weighted by atomic mass is 16.3. The van der Waals surface area contributed by atoms with Crippen molar-refractivity contribution in [2.75, 3.05) is 5.32 Å². The molecule has 2 N–H and O–H groups in total. The van der Waals surface area contributed by atoms with E-state index in [9.17, 15) is 4.79 Å². The molecule has 0 aliphatic carbocycles. The van der Waals surface area contributed by atoms with Crippen LogP contribution >= 0.6 is 0 Å². The molecule has 0 fully saturated rings. The number of carbonyl (C=O) groups is 1. The highest BCUT2D eigenvalue weighted by Gasteiger charge is 2.12. The Morgan fingerprint density at radius 2 is 2.22 bits per heavy atom. The number of hydrogen-bond acceptors (Lipinski definition) is 4. The van der Waals surface area contributed by atoms with Crippen LogP contribution < -0.4 is 10.6 Å². The van der Waals surface area contributed by atoms with Gasteiger partial charge in [-0.1, -0.05) is 0 Å². The second kappa shape index (κ2) is 5.31. The van der Waals surface area contributed by atoms with E-state index in [1.165, 1.54) is 6.20 Å². The van der Waals surface area contributed by atoms with E-state index in [0.29, 0.717) is 11.6 Å². The molecule has 2 rings (SSSR count). The van der Waals surface area contributed by atoms with Gasteiger partial charge in [0, 0.05) is 6.20 Å². The summed E-state index contributed by atoms with van der Waals surface area (Å²) in [6.07, 6.45) is 1.54. The van der Waals surface area contributed by atoms with Crippen molar-refractivity contribution in [3.63, 3.8) is 0 Å². The number of amides is 2. The van der Waals surface area contributed by atoms with Crippen LogP contribution in [-0.4, -0.2) is 16.2 Å². The summed E-state index contributed by atoms with van der Waals surface area (Å²) in [4.78, 5) is 11.7. The molecular formula is C12H14N4O2. The Morgan fingerprint density at radius 1 is 1.39 bits per heavy atom. The third-order valence-electron chi connectivity index (χ3n) is 2.35. The van der Waals surface area contributed by atoms with Gasteiger partial charge in [0.05, 0.1) is 6.04 Å². The number of furan rings is 1. The molecule has 94 valence electrons. The first-order valence-electron chi connectivity index (χ1n) is 5.56. The molecule has 2 amide bonds. The molecule has 0 bridgehead atoms. The summed E-state index contributed by atoms with van der Waals surface area (Å²) in [6.45, 7) is 3.70. The largest absolute Gasteiger partial charge is 0.464 e. The minimum Gasteiger partial charge on any atom is -0.464 e. The standard InChI is InChI=1S/C12H14N4O2/c1-8-5-6-10(18-8)9(2)14-12(17)15-11-4-3-7-13-16-11/h3-7,9H,1-2H3,(H2,14,15,16,17)/t9-/m1/s1. The quantitative estimate of drug-likeness (QED) is 0.870. The van der Waals surface area contributed by atoms with Crippen LogP contribution in [0.5, 0.6) is 0 Å². The molecule has 0 aliphatic rings. The Morgan fingerprint density at radius 3 is 2.83 bits per heavy atom. The molecule has 2 aromatic rings. The summed E-state index contributed by atoms with van der Waals surface area (Å²) < 4.78 is 5.43. The van der Waals surface area contributed by atoms with Gasteiger partial charge in [-0.15, -0.1) is 5.10 Å². The second-order valence-electron chi connectivity index (χ2n) is 3.88. The van der Waals surface area contributed by atoms with E-state index < -0.39 is 0 Å². The molecule has 0 saturated carbocycles. The number of rotatable bonds is 3. The van der Waals surface area contributed by atoms with Crippen molar-refractivity contribution in [1.29, 1.82) is 0 Å². The van der Waals surface area contributed by atoms with Crippen LogP contribution in [0.3, 0.4) is 0 Å². The predicted octanol–water partition coefficient (Wildman–Crippen LogP) is 2.26. The maximum absolute atomic E-state index is 11.7. The lowest BCUT2D eigenvalue weighted by atomic mass is 10.2. The first kappa shape index (κ1) is 12.1. The van der Waals surface area contributed by atoms with E-state index >= 15 is 0 Å². The summed E-state index contributed by atoms with van der Waals surface area (Å²) in [5.41, 5.74) is 0. The number of anilines is 1. The summed E-state index contributed by atoms with van der Waals surface area (Å²) >= 11 is 0. The van der Waals surface area contributed by atoms with Gasteiger partial charge in [-0.25, -0.2) is 4.79 Å². The molecule has 0 spiro atoms. The molecule has 18 heavy (non-hydrogen) atoms. The average molecular weight is 246 g/mol. The van der Waals surface area contributed by atoms with Crippen molar-refractivity contribution >= 4 is 11.8 Å². The van der Waals surface area contributed by atoms with Crippen molar-refractivity contribution in [1.82, 2.24) is 15.5 Å². The topological polar surface area (TPSA) is 80.0 Å². The van der Waals surface area contributed by atoms with Crippen LogP contribution in [0.25, 0.3) is 0 Å². The maximum atomic E-state index is 11.7. The van der Waals surface area contributed by atoms with Crippen molar-refractivity contribution in [2.45, 2.75) is 19.9 Å². The van der Waals surface area contributed by atoms with Crippen molar-refractivity contribution in [3.05, 3.63) is 42.0 Å². The smallest absolute Gasteiger partial charge is 0.321 e. The zero-order valence-corrected chi connectivity index (χ0v) is 10.2. The lowest BCUT2D eigenvalue weighted by Crippen LogP contribution is -2.31. The van der Waals surface area contributed by atoms with Gasteiger partial charge in [-0.2, -0.15) is 5.10 Å². The van der Waals surface area contributed by atoms with E-state index in [2.05, 4.69) is 20.8 Å². The number of urea groups is 1. The highest BCUT2D eigenvalue weighted by molar-refractivity contribution is 5.88. The molecule has 0 aromatic carbocycles. The van der Waals surface area contributed by atoms with Crippen LogP contribution in [0.2, 0.25) is 0 Å². The monoisotopic (exact) mass is 246 g/mol. The summed E-state index contributed by atoms with van der Waals surface area (Å²) in [6, 6.07) is 6.49. The number of hydrogen-bond donors (Lipinski definition) is 2. The minimum absolute atomic E-state index is 0.213. The van der Waals surface area contributed by atoms with Crippen LogP contribution in [0, 0.1) is 6.92 Å². The number of nitrogens with zero attached hydrogens (tertiary/aromatic N) is 2. The molecule has 0 unspecified atom stereocenters. The summed E-state index contributed by atoms with van der Waals surface area (Å²) in [5, 5.41) is 12.8. The first-order chi connectivity index (χ1) is 8.65. The Labute approximate surface area is 104 Å². The Kier molecular flexibility index (Phi) is 3.57. The van der Waals surface area contributed by atoms with Crippen LogP contribution in [-0.2, 0) is 0 Å². The predicted molar refractivity (Wildman–Crippen MR) is 66.0 cm³/mol. The lowest BCUT2D eigenvalue weighted by molar-refractivity contribution is 0.247. The zero-order valence-electron chi connectivity index (χ0n) is 10.2. The molecule has 2 heterocycles. The third kappa shape index (κ3) is 3.07. The highest BCUT2D eigenvalue weighted by Crippen LogP contribution is 2.15. The van der Waals surface area contributed by atoms with E-state index in [-0.39, 0.29) is 12.1 Å². The van der Waals surface area contributed by atoms with Crippen molar-refractivity contribution in [3.8, 4) is 0 Å². The van der Waals surface area contributed by atoms with Crippen molar-refractivity contribution in [2.24, 2.45) is 0 Å². The number of nitrogens with one attached hydrogen (secondary N) is 2. The van der Waals surface area contributed by atoms with Gasteiger partial charge in [0.2, 0.25) is 0 Å². The molecule has 0 aliphatic heterocycles. The van der Waals surface area contributed by atoms with E-state index in [0.717, 1.165) is 5.76 Å². The number of aromatic nitrogens is 2. The van der Waals surface area contributed by atoms with Crippen LogP contribution in [0.4, 0.5) is 10.6 Å². The van der Waals surface area contributed by atoms with E-state index in [4.69, 9.17) is 4.42 Å². The van der Waals surface area contributed by atoms with Gasteiger partial charge in [-0.05, 0) is 38.1 Å². The fourth-order valence-corrected chi connectivity index (χ4v) is 1.47. The zero-order chi connectivity index (χ0) is 13.0. The number of carbonyl (C=O) groups excluding carboxylic acids is 1. The van der Waals surface area contributed by atoms with Gasteiger partial charge in [0.1, 0.15) is 11.5 Å². The Balaban J connectivity index is 1.92. The summed E-state index contributed by atoms with van der Waals surface area (Å²) in [7, 11) is 0. The molecule has 1 atom stereocenters. The molecule has 0 saturated heterocycles. The molecule has 6 nitrogen and oxygen atoms in total. The van der Waals surface area contributed by atoms with Gasteiger partial charge in [0.25, 0.3) is 0 Å². The molecule has 6 heteroatoms. The van der Waals surface area contributed by atoms with Crippen molar-refractivity contribution < 1.29 is 9.21 Å². The molecular weight excluding hydrogens is 232 g/mol. The van der Waals surface area contributed by atoms with Crippen LogP contribution in [0.1, 0.15) is 24.5 Å². The maximum Gasteiger partial charge on any atom is 0.321 e. The van der Waals surface area contributed by atoms with Gasteiger partial charge >= 0.3 is 6.03 Å². The van der Waals surface area contributed by atoms with E-state index in [1.807, 2.05) is 26.0 Å². The molecule has 2 aromatic heterocycles. The van der Waals surface area contributed by atoms with Gasteiger partial charge in [0.15, 0.2) is 5.82 Å². The van der Waals surface area contributed by atoms with E-state index in [1.54, 1.807) is 12.1 Å². The Hall–Kier alpha value is -2.37. The minimum atomic E-state index is -0.350. The second-order valence-corrected chi connectivity index (χ2v) is 3.88. The third-order valence-corrected chi connectivity index (χ3v) is 2.35. The fourth-order valence-electron chi connectivity index (χ4n) is 1.47. The SMILES string of the molecule is Cc1ccc([C@@H](C)NC(=O)Nc2cccnn2)o1. The summed E-state index contributed by atoms with van der Waals surface area (Å²) in [5.74, 6) is 1.92. The average Bonchev–Trinajstić information content (AvgIpc) is 2.77. The first-order valence-corrected chi connectivity index (χ1v) is 5.56. The van der Waals surface area contributed by atoms with Gasteiger partial charge in [-0.3, -0.25) is 5.32 Å². The van der Waals surface area contributed by atoms with Crippen LogP contribution in [0.15, 0.2) is 34.9 Å². The normalized spacial score (nSPS) is 11.9.